The highest BCUT2D eigenvalue weighted by Crippen LogP contribution is 2.44. The Kier molecular flexibility index (Phi) is 3.46. The number of carbonyl (C=O) groups is 1. The quantitative estimate of drug-likeness (QED) is 0.355. The average Bonchev–Trinajstić information content (AvgIpc) is 3.17. The summed E-state index contributed by atoms with van der Waals surface area (Å²) in [5.41, 5.74) is 0.910. The summed E-state index contributed by atoms with van der Waals surface area (Å²) < 4.78 is 5.34. The molecule has 5 rings (SSSR count). The third-order valence-corrected chi connectivity index (χ3v) is 7.77. The van der Waals surface area contributed by atoms with Gasteiger partial charge in [0, 0.05) is 31.7 Å². The highest BCUT2D eigenvalue weighted by Gasteiger charge is 2.23. The topological polar surface area (TPSA) is 17.1 Å². The number of thiophene rings is 2. The molecule has 0 aliphatic heterocycles. The van der Waals surface area contributed by atoms with Gasteiger partial charge in [-0.2, -0.15) is 0 Å². The van der Waals surface area contributed by atoms with Gasteiger partial charge in [0.1, 0.15) is 0 Å². The van der Waals surface area contributed by atoms with E-state index in [1.165, 1.54) is 48.8 Å². The first-order valence-electron chi connectivity index (χ1n) is 8.69. The van der Waals surface area contributed by atoms with E-state index in [1.807, 2.05) is 22.7 Å². The third-order valence-electron chi connectivity index (χ3n) is 5.25. The molecule has 0 radical (unpaired) electrons. The van der Waals surface area contributed by atoms with Crippen molar-refractivity contribution in [3.8, 4) is 0 Å². The van der Waals surface area contributed by atoms with Crippen molar-refractivity contribution in [2.24, 2.45) is 5.92 Å². The van der Waals surface area contributed by atoms with Crippen LogP contribution in [0.5, 0.6) is 0 Å². The van der Waals surface area contributed by atoms with Crippen molar-refractivity contribution >= 4 is 58.0 Å². The minimum atomic E-state index is 0.248. The van der Waals surface area contributed by atoms with E-state index in [9.17, 15) is 4.79 Å². The van der Waals surface area contributed by atoms with Gasteiger partial charge in [0.15, 0.2) is 5.78 Å². The van der Waals surface area contributed by atoms with Crippen LogP contribution in [0.25, 0.3) is 29.6 Å². The predicted octanol–water partition coefficient (Wildman–Crippen LogP) is 7.03. The Balaban J connectivity index is 1.62. The van der Waals surface area contributed by atoms with E-state index < -0.39 is 0 Å². The maximum absolute atomic E-state index is 12.8. The molecule has 1 fully saturated rings. The van der Waals surface area contributed by atoms with E-state index in [2.05, 4.69) is 42.5 Å². The largest absolute Gasteiger partial charge is 0.294 e. The van der Waals surface area contributed by atoms with Crippen molar-refractivity contribution in [2.45, 2.75) is 32.1 Å². The molecule has 0 bridgehead atoms. The second-order valence-corrected chi connectivity index (χ2v) is 8.87. The van der Waals surface area contributed by atoms with Crippen LogP contribution in [0.15, 0.2) is 42.5 Å². The molecule has 1 aliphatic carbocycles. The molecule has 0 N–H and O–H groups in total. The zero-order valence-corrected chi connectivity index (χ0v) is 15.0. The zero-order valence-electron chi connectivity index (χ0n) is 13.4. The lowest BCUT2D eigenvalue weighted by Gasteiger charge is -2.20. The maximum atomic E-state index is 12.8. The fraction of sp³-hybridized carbons (Fsp3) is 0.286. The van der Waals surface area contributed by atoms with Crippen LogP contribution in [0, 0.1) is 5.92 Å². The van der Waals surface area contributed by atoms with Gasteiger partial charge in [-0.1, -0.05) is 49.6 Å². The Morgan fingerprint density at radius 3 is 2.38 bits per heavy atom. The molecule has 0 amide bonds. The van der Waals surface area contributed by atoms with Crippen LogP contribution in [0.2, 0.25) is 0 Å². The lowest BCUT2D eigenvalue weighted by atomic mass is 9.84. The minimum Gasteiger partial charge on any atom is -0.294 e. The highest BCUT2D eigenvalue weighted by molar-refractivity contribution is 7.36. The first kappa shape index (κ1) is 14.6. The number of hydrogen-bond acceptors (Lipinski definition) is 3. The molecule has 2 heterocycles. The molecule has 1 nitrogen and oxygen atoms in total. The Hall–Kier alpha value is -1.71. The van der Waals surface area contributed by atoms with Crippen LogP contribution >= 0.6 is 22.7 Å². The van der Waals surface area contributed by atoms with Gasteiger partial charge in [-0.05, 0) is 25.0 Å². The summed E-state index contributed by atoms with van der Waals surface area (Å²) in [5.74, 6) is 0.608. The second-order valence-electron chi connectivity index (χ2n) is 6.77. The molecular formula is C21H18OS2. The molecule has 0 unspecified atom stereocenters. The maximum Gasteiger partial charge on any atom is 0.165 e. The molecule has 4 aromatic rings. The van der Waals surface area contributed by atoms with E-state index in [0.29, 0.717) is 5.78 Å². The molecule has 120 valence electrons. The van der Waals surface area contributed by atoms with E-state index in [-0.39, 0.29) is 5.92 Å². The summed E-state index contributed by atoms with van der Waals surface area (Å²) in [7, 11) is 0. The summed E-state index contributed by atoms with van der Waals surface area (Å²) in [5, 5.41) is 2.65. The van der Waals surface area contributed by atoms with Crippen LogP contribution in [0.1, 0.15) is 42.5 Å². The van der Waals surface area contributed by atoms with Gasteiger partial charge in [0.25, 0.3) is 0 Å². The number of carbonyl (C=O) groups excluding carboxylic acids is 1. The van der Waals surface area contributed by atoms with Gasteiger partial charge < -0.3 is 0 Å². The van der Waals surface area contributed by atoms with Gasteiger partial charge in [-0.25, -0.2) is 0 Å². The van der Waals surface area contributed by atoms with Crippen LogP contribution in [0.3, 0.4) is 0 Å². The predicted molar refractivity (Wildman–Crippen MR) is 106 cm³/mol. The SMILES string of the molecule is O=C(c1ccc2c(c1)sc1c3ccccc3sc21)C1CCCCC1. The van der Waals surface area contributed by atoms with Crippen molar-refractivity contribution in [3.05, 3.63) is 48.0 Å². The van der Waals surface area contributed by atoms with E-state index in [4.69, 9.17) is 0 Å². The number of rotatable bonds is 2. The van der Waals surface area contributed by atoms with Gasteiger partial charge in [0.2, 0.25) is 0 Å². The molecule has 3 heteroatoms. The molecule has 0 spiro atoms. The van der Waals surface area contributed by atoms with Gasteiger partial charge >= 0.3 is 0 Å². The summed E-state index contributed by atoms with van der Waals surface area (Å²) in [6.45, 7) is 0. The average molecular weight is 351 g/mol. The number of benzene rings is 2. The molecule has 2 aromatic carbocycles. The lowest BCUT2D eigenvalue weighted by molar-refractivity contribution is 0.0889. The fourth-order valence-electron chi connectivity index (χ4n) is 3.96. The number of fused-ring (bicyclic) bond motifs is 5. The number of hydrogen-bond donors (Lipinski definition) is 0. The third kappa shape index (κ3) is 2.22. The van der Waals surface area contributed by atoms with Crippen LogP contribution < -0.4 is 0 Å². The Morgan fingerprint density at radius 2 is 1.54 bits per heavy atom. The van der Waals surface area contributed by atoms with Crippen molar-refractivity contribution in [1.82, 2.24) is 0 Å². The van der Waals surface area contributed by atoms with Gasteiger partial charge in [0.05, 0.1) is 9.40 Å². The Morgan fingerprint density at radius 1 is 0.833 bits per heavy atom. The van der Waals surface area contributed by atoms with E-state index >= 15 is 0 Å². The van der Waals surface area contributed by atoms with Crippen molar-refractivity contribution in [2.75, 3.05) is 0 Å². The minimum absolute atomic E-state index is 0.248. The fourth-order valence-corrected chi connectivity index (χ4v) is 6.65. The van der Waals surface area contributed by atoms with E-state index in [0.717, 1.165) is 18.4 Å². The molecule has 0 atom stereocenters. The van der Waals surface area contributed by atoms with Crippen molar-refractivity contribution in [1.29, 1.82) is 0 Å². The van der Waals surface area contributed by atoms with Crippen LogP contribution in [-0.4, -0.2) is 5.78 Å². The smallest absolute Gasteiger partial charge is 0.165 e. The second kappa shape index (κ2) is 5.68. The standard InChI is InChI=1S/C21H18OS2/c22-19(13-6-2-1-3-7-13)14-10-11-16-18(12-14)24-20-15-8-4-5-9-17(15)23-21(16)20/h4-5,8-13H,1-3,6-7H2. The summed E-state index contributed by atoms with van der Waals surface area (Å²) in [4.78, 5) is 12.8. The van der Waals surface area contributed by atoms with Crippen LogP contribution in [-0.2, 0) is 0 Å². The van der Waals surface area contributed by atoms with Crippen molar-refractivity contribution in [3.63, 3.8) is 0 Å². The monoisotopic (exact) mass is 350 g/mol. The normalized spacial score (nSPS) is 16.3. The number of Topliss-reactive ketones (excluding diaryl/α,β-unsaturated/α-hetero) is 1. The first-order chi connectivity index (χ1) is 11.8. The molecule has 1 saturated carbocycles. The lowest BCUT2D eigenvalue weighted by Crippen LogP contribution is -2.17. The molecule has 24 heavy (non-hydrogen) atoms. The van der Waals surface area contributed by atoms with Crippen LogP contribution in [0.4, 0.5) is 0 Å². The zero-order chi connectivity index (χ0) is 16.1. The molecule has 0 saturated heterocycles. The Bertz CT molecular complexity index is 1060. The summed E-state index contributed by atoms with van der Waals surface area (Å²) >= 11 is 3.70. The number of ketones is 1. The molecule has 2 aromatic heterocycles. The summed E-state index contributed by atoms with van der Waals surface area (Å²) in [6.07, 6.45) is 5.85. The molecule has 1 aliphatic rings. The highest BCUT2D eigenvalue weighted by atomic mass is 32.1. The molecular weight excluding hydrogens is 332 g/mol. The summed E-state index contributed by atoms with van der Waals surface area (Å²) in [6, 6.07) is 15.0. The Labute approximate surface area is 148 Å². The van der Waals surface area contributed by atoms with Gasteiger partial charge in [-0.15, -0.1) is 22.7 Å². The van der Waals surface area contributed by atoms with Crippen molar-refractivity contribution < 1.29 is 4.79 Å². The first-order valence-corrected chi connectivity index (χ1v) is 10.3. The van der Waals surface area contributed by atoms with Gasteiger partial charge in [-0.3, -0.25) is 4.79 Å². The van der Waals surface area contributed by atoms with E-state index in [1.54, 1.807) is 0 Å².